The molecule has 0 aromatic heterocycles. The minimum Gasteiger partial charge on any atom is -0.298 e. The molecule has 2 heteroatoms. The largest absolute Gasteiger partial charge is 0.298 e. The van der Waals surface area contributed by atoms with Crippen molar-refractivity contribution in [2.75, 3.05) is 0 Å². The zero-order valence-corrected chi connectivity index (χ0v) is 10.3. The molecule has 0 aliphatic carbocycles. The first kappa shape index (κ1) is 11.8. The van der Waals surface area contributed by atoms with Crippen LogP contribution in [0.1, 0.15) is 32.3 Å². The first-order chi connectivity index (χ1) is 8.10. The number of aliphatic imine (C=N–C) groups is 1. The Morgan fingerprint density at radius 3 is 2.59 bits per heavy atom. The van der Waals surface area contributed by atoms with Gasteiger partial charge in [-0.25, -0.2) is 0 Å². The van der Waals surface area contributed by atoms with Crippen LogP contribution in [0.3, 0.4) is 0 Å². The van der Waals surface area contributed by atoms with Gasteiger partial charge in [-0.1, -0.05) is 36.4 Å². The van der Waals surface area contributed by atoms with Crippen LogP contribution in [0.2, 0.25) is 0 Å². The zero-order chi connectivity index (χ0) is 12.3. The van der Waals surface area contributed by atoms with Gasteiger partial charge in [0.15, 0.2) is 0 Å². The highest BCUT2D eigenvalue weighted by Gasteiger charge is 2.29. The van der Waals surface area contributed by atoms with Crippen molar-refractivity contribution in [1.29, 1.82) is 0 Å². The Balaban J connectivity index is 2.12. The van der Waals surface area contributed by atoms with Gasteiger partial charge in [-0.3, -0.25) is 9.79 Å². The van der Waals surface area contributed by atoms with Crippen LogP contribution in [0.5, 0.6) is 0 Å². The zero-order valence-electron chi connectivity index (χ0n) is 10.3. The van der Waals surface area contributed by atoms with E-state index in [1.165, 1.54) is 0 Å². The summed E-state index contributed by atoms with van der Waals surface area (Å²) in [6.45, 7) is 3.96. The Kier molecular flexibility index (Phi) is 3.23. The summed E-state index contributed by atoms with van der Waals surface area (Å²) >= 11 is 0. The molecular formula is C15H17NO. The summed E-state index contributed by atoms with van der Waals surface area (Å²) in [5.41, 5.74) is 1.60. The molecule has 0 amide bonds. The highest BCUT2D eigenvalue weighted by molar-refractivity contribution is 6.07. The fraction of sp³-hybridized carbons (Fsp3) is 0.333. The van der Waals surface area contributed by atoms with Crippen molar-refractivity contribution in [2.24, 2.45) is 4.99 Å². The molecule has 0 N–H and O–H groups in total. The predicted octanol–water partition coefficient (Wildman–Crippen LogP) is 3.28. The average Bonchev–Trinajstić information content (AvgIpc) is 2.83. The average molecular weight is 227 g/mol. The molecule has 0 unspecified atom stereocenters. The van der Waals surface area contributed by atoms with E-state index in [1.807, 2.05) is 50.3 Å². The van der Waals surface area contributed by atoms with Crippen LogP contribution >= 0.6 is 0 Å². The van der Waals surface area contributed by atoms with Gasteiger partial charge in [0.1, 0.15) is 5.78 Å². The maximum Gasteiger partial charge on any atom is 0.148 e. The normalized spacial score (nSPS) is 14.8. The Morgan fingerprint density at radius 1 is 1.29 bits per heavy atom. The quantitative estimate of drug-likeness (QED) is 0.776. The number of allylic oxidation sites excluding steroid dienone is 1. The molecule has 88 valence electrons. The molecule has 2 nitrogen and oxygen atoms in total. The third-order valence-electron chi connectivity index (χ3n) is 3.27. The standard InChI is InChI=1S/C15H17NO/c1-15(2,12-7-4-3-5-8-12)14(17)11-13-9-6-10-16-13/h3-8,10H,9,11H2,1-2H3. The molecule has 0 atom stereocenters. The van der Waals surface area contributed by atoms with Gasteiger partial charge in [-0.15, -0.1) is 0 Å². The first-order valence-corrected chi connectivity index (χ1v) is 5.90. The van der Waals surface area contributed by atoms with Crippen LogP contribution in [0.15, 0.2) is 47.6 Å². The monoisotopic (exact) mass is 227 g/mol. The molecule has 2 rings (SSSR count). The molecule has 17 heavy (non-hydrogen) atoms. The molecule has 0 fully saturated rings. The summed E-state index contributed by atoms with van der Waals surface area (Å²) in [5, 5.41) is 0. The van der Waals surface area contributed by atoms with Crippen LogP contribution < -0.4 is 0 Å². The van der Waals surface area contributed by atoms with Crippen molar-refractivity contribution in [3.63, 3.8) is 0 Å². The molecule has 0 radical (unpaired) electrons. The number of carbonyl (C=O) groups is 1. The molecule has 0 saturated heterocycles. The first-order valence-electron chi connectivity index (χ1n) is 5.90. The van der Waals surface area contributed by atoms with Crippen molar-refractivity contribution in [2.45, 2.75) is 32.1 Å². The molecule has 1 aliphatic heterocycles. The van der Waals surface area contributed by atoms with E-state index in [-0.39, 0.29) is 5.78 Å². The number of carbonyl (C=O) groups excluding carboxylic acids is 1. The lowest BCUT2D eigenvalue weighted by Gasteiger charge is -2.23. The second-order valence-electron chi connectivity index (χ2n) is 4.88. The Morgan fingerprint density at radius 2 is 2.00 bits per heavy atom. The van der Waals surface area contributed by atoms with Crippen molar-refractivity contribution in [3.05, 3.63) is 48.2 Å². The lowest BCUT2D eigenvalue weighted by atomic mass is 9.78. The summed E-state index contributed by atoms with van der Waals surface area (Å²) in [5.74, 6) is 0.228. The second-order valence-corrected chi connectivity index (χ2v) is 4.88. The van der Waals surface area contributed by atoms with Gasteiger partial charge in [0.2, 0.25) is 0 Å². The van der Waals surface area contributed by atoms with Gasteiger partial charge in [0.05, 0.1) is 0 Å². The number of hydrogen-bond acceptors (Lipinski definition) is 2. The van der Waals surface area contributed by atoms with Crippen LogP contribution in [-0.4, -0.2) is 11.5 Å². The third kappa shape index (κ3) is 2.52. The van der Waals surface area contributed by atoms with E-state index in [0.29, 0.717) is 6.42 Å². The fourth-order valence-corrected chi connectivity index (χ4v) is 1.94. The van der Waals surface area contributed by atoms with Crippen LogP contribution in [-0.2, 0) is 10.2 Å². The van der Waals surface area contributed by atoms with E-state index in [1.54, 1.807) is 6.20 Å². The van der Waals surface area contributed by atoms with Gasteiger partial charge < -0.3 is 0 Å². The SMILES string of the molecule is CC(C)(C(=O)CC1=NC=CC1)c1ccccc1. The van der Waals surface area contributed by atoms with Crippen LogP contribution in [0.4, 0.5) is 0 Å². The lowest BCUT2D eigenvalue weighted by molar-refractivity contribution is -0.122. The minimum atomic E-state index is -0.438. The molecule has 0 spiro atoms. The Hall–Kier alpha value is -1.70. The molecule has 0 saturated carbocycles. The van der Waals surface area contributed by atoms with Crippen molar-refractivity contribution >= 4 is 11.5 Å². The Labute approximate surface area is 102 Å². The van der Waals surface area contributed by atoms with Crippen molar-refractivity contribution < 1.29 is 4.79 Å². The number of benzene rings is 1. The van der Waals surface area contributed by atoms with Gasteiger partial charge >= 0.3 is 0 Å². The molecule has 1 aromatic rings. The van der Waals surface area contributed by atoms with E-state index in [9.17, 15) is 4.79 Å². The maximum atomic E-state index is 12.3. The van der Waals surface area contributed by atoms with Crippen LogP contribution in [0, 0.1) is 0 Å². The van der Waals surface area contributed by atoms with Gasteiger partial charge in [-0.05, 0) is 19.4 Å². The maximum absolute atomic E-state index is 12.3. The second kappa shape index (κ2) is 4.66. The number of rotatable bonds is 4. The summed E-state index contributed by atoms with van der Waals surface area (Å²) in [7, 11) is 0. The van der Waals surface area contributed by atoms with Gasteiger partial charge in [-0.2, -0.15) is 0 Å². The molecule has 1 aromatic carbocycles. The Bertz CT molecular complexity index is 469. The molecular weight excluding hydrogens is 210 g/mol. The number of hydrogen-bond donors (Lipinski definition) is 0. The number of ketones is 1. The van der Waals surface area contributed by atoms with Gasteiger partial charge in [0, 0.05) is 30.2 Å². The third-order valence-corrected chi connectivity index (χ3v) is 3.27. The summed E-state index contributed by atoms with van der Waals surface area (Å²) in [6, 6.07) is 9.92. The predicted molar refractivity (Wildman–Crippen MR) is 70.3 cm³/mol. The van der Waals surface area contributed by atoms with Crippen molar-refractivity contribution in [3.8, 4) is 0 Å². The van der Waals surface area contributed by atoms with E-state index in [4.69, 9.17) is 0 Å². The van der Waals surface area contributed by atoms with E-state index in [2.05, 4.69) is 4.99 Å². The highest BCUT2D eigenvalue weighted by atomic mass is 16.1. The van der Waals surface area contributed by atoms with E-state index in [0.717, 1.165) is 17.7 Å². The highest BCUT2D eigenvalue weighted by Crippen LogP contribution is 2.26. The van der Waals surface area contributed by atoms with E-state index < -0.39 is 5.41 Å². The number of nitrogens with zero attached hydrogens (tertiary/aromatic N) is 1. The summed E-state index contributed by atoms with van der Waals surface area (Å²) in [4.78, 5) is 16.5. The van der Waals surface area contributed by atoms with Gasteiger partial charge in [0.25, 0.3) is 0 Å². The lowest BCUT2D eigenvalue weighted by Crippen LogP contribution is -2.30. The molecule has 0 bridgehead atoms. The summed E-state index contributed by atoms with van der Waals surface area (Å²) in [6.07, 6.45) is 5.03. The fourth-order valence-electron chi connectivity index (χ4n) is 1.94. The summed E-state index contributed by atoms with van der Waals surface area (Å²) < 4.78 is 0. The van der Waals surface area contributed by atoms with Crippen LogP contribution in [0.25, 0.3) is 0 Å². The minimum absolute atomic E-state index is 0.228. The van der Waals surface area contributed by atoms with E-state index >= 15 is 0 Å². The topological polar surface area (TPSA) is 29.4 Å². The molecule has 1 aliphatic rings. The molecule has 1 heterocycles. The smallest absolute Gasteiger partial charge is 0.148 e. The number of Topliss-reactive ketones (excluding diaryl/α,β-unsaturated/α-hetero) is 1. The van der Waals surface area contributed by atoms with Crippen molar-refractivity contribution in [1.82, 2.24) is 0 Å².